The molecule has 1 atom stereocenters. The summed E-state index contributed by atoms with van der Waals surface area (Å²) in [4.78, 5) is 13.5. The van der Waals surface area contributed by atoms with Crippen LogP contribution in [0.4, 0.5) is 0 Å². The van der Waals surface area contributed by atoms with Crippen LogP contribution in [0, 0.1) is 5.92 Å². The topological polar surface area (TPSA) is 60.2 Å². The van der Waals surface area contributed by atoms with Crippen LogP contribution < -0.4 is 0 Å². The summed E-state index contributed by atoms with van der Waals surface area (Å²) in [6.07, 6.45) is 2.55. The number of likely N-dealkylation sites (tertiary alicyclic amines) is 1. The van der Waals surface area contributed by atoms with E-state index < -0.39 is 0 Å². The smallest absolute Gasteiger partial charge is 0.310 e. The zero-order valence-corrected chi connectivity index (χ0v) is 9.59. The van der Waals surface area contributed by atoms with Crippen LogP contribution in [-0.4, -0.2) is 45.8 Å². The molecule has 6 nitrogen and oxygen atoms in total. The van der Waals surface area contributed by atoms with Gasteiger partial charge in [-0.1, -0.05) is 0 Å². The van der Waals surface area contributed by atoms with Crippen LogP contribution in [-0.2, 0) is 23.1 Å². The molecule has 0 aromatic carbocycles. The number of carbonyl (C=O) groups excluding carboxylic acids is 1. The van der Waals surface area contributed by atoms with Gasteiger partial charge >= 0.3 is 5.97 Å². The Bertz CT molecular complexity index is 377. The van der Waals surface area contributed by atoms with Crippen molar-refractivity contribution in [3.63, 3.8) is 0 Å². The van der Waals surface area contributed by atoms with Gasteiger partial charge < -0.3 is 9.30 Å². The summed E-state index contributed by atoms with van der Waals surface area (Å²) in [5.41, 5.74) is 0. The SMILES string of the molecule is COC(=O)C1CCN(Cc2nncn2C)C1. The first kappa shape index (κ1) is 11.1. The van der Waals surface area contributed by atoms with E-state index in [4.69, 9.17) is 4.74 Å². The Morgan fingerprint density at radius 3 is 3.12 bits per heavy atom. The summed E-state index contributed by atoms with van der Waals surface area (Å²) in [6, 6.07) is 0. The quantitative estimate of drug-likeness (QED) is 0.666. The van der Waals surface area contributed by atoms with Crippen LogP contribution in [0.5, 0.6) is 0 Å². The van der Waals surface area contributed by atoms with Gasteiger partial charge in [-0.25, -0.2) is 0 Å². The maximum atomic E-state index is 11.3. The van der Waals surface area contributed by atoms with Crippen molar-refractivity contribution in [2.75, 3.05) is 20.2 Å². The van der Waals surface area contributed by atoms with Crippen molar-refractivity contribution < 1.29 is 9.53 Å². The molecule has 0 radical (unpaired) electrons. The van der Waals surface area contributed by atoms with Gasteiger partial charge in [0.05, 0.1) is 19.6 Å². The third-order valence-electron chi connectivity index (χ3n) is 2.98. The molecule has 1 aliphatic rings. The molecule has 0 bridgehead atoms. The molecule has 16 heavy (non-hydrogen) atoms. The van der Waals surface area contributed by atoms with Crippen LogP contribution in [0.1, 0.15) is 12.2 Å². The lowest BCUT2D eigenvalue weighted by Crippen LogP contribution is -2.24. The van der Waals surface area contributed by atoms with Crippen molar-refractivity contribution in [3.8, 4) is 0 Å². The van der Waals surface area contributed by atoms with Gasteiger partial charge in [-0.05, 0) is 13.0 Å². The minimum absolute atomic E-state index is 0.0122. The summed E-state index contributed by atoms with van der Waals surface area (Å²) >= 11 is 0. The van der Waals surface area contributed by atoms with Crippen molar-refractivity contribution in [3.05, 3.63) is 12.2 Å². The third-order valence-corrected chi connectivity index (χ3v) is 2.98. The Hall–Kier alpha value is -1.43. The lowest BCUT2D eigenvalue weighted by molar-refractivity contribution is -0.144. The molecule has 0 saturated carbocycles. The van der Waals surface area contributed by atoms with Gasteiger partial charge in [-0.2, -0.15) is 0 Å². The Morgan fingerprint density at radius 1 is 1.69 bits per heavy atom. The minimum Gasteiger partial charge on any atom is -0.469 e. The Labute approximate surface area is 94.2 Å². The molecule has 0 amide bonds. The van der Waals surface area contributed by atoms with E-state index in [9.17, 15) is 4.79 Å². The summed E-state index contributed by atoms with van der Waals surface area (Å²) in [5.74, 6) is 0.823. The van der Waals surface area contributed by atoms with Gasteiger partial charge in [-0.3, -0.25) is 9.69 Å². The van der Waals surface area contributed by atoms with Crippen LogP contribution in [0.3, 0.4) is 0 Å². The fourth-order valence-electron chi connectivity index (χ4n) is 1.99. The first-order valence-electron chi connectivity index (χ1n) is 5.33. The Morgan fingerprint density at radius 2 is 2.50 bits per heavy atom. The van der Waals surface area contributed by atoms with Crippen molar-refractivity contribution in [1.29, 1.82) is 0 Å². The highest BCUT2D eigenvalue weighted by Gasteiger charge is 2.29. The first-order valence-corrected chi connectivity index (χ1v) is 5.33. The lowest BCUT2D eigenvalue weighted by atomic mass is 10.1. The monoisotopic (exact) mass is 224 g/mol. The van der Waals surface area contributed by atoms with E-state index >= 15 is 0 Å². The highest BCUT2D eigenvalue weighted by atomic mass is 16.5. The molecular formula is C10H16N4O2. The molecule has 1 saturated heterocycles. The van der Waals surface area contributed by atoms with Crippen LogP contribution in [0.25, 0.3) is 0 Å². The molecule has 6 heteroatoms. The maximum Gasteiger partial charge on any atom is 0.310 e. The molecule has 88 valence electrons. The predicted molar refractivity (Wildman–Crippen MR) is 56.4 cm³/mol. The lowest BCUT2D eigenvalue weighted by Gasteiger charge is -2.14. The fourth-order valence-corrected chi connectivity index (χ4v) is 1.99. The van der Waals surface area contributed by atoms with Crippen LogP contribution in [0.2, 0.25) is 0 Å². The van der Waals surface area contributed by atoms with E-state index in [2.05, 4.69) is 15.1 Å². The molecule has 2 heterocycles. The number of ether oxygens (including phenoxy) is 1. The number of rotatable bonds is 3. The largest absolute Gasteiger partial charge is 0.469 e. The molecule has 1 fully saturated rings. The van der Waals surface area contributed by atoms with Crippen molar-refractivity contribution >= 4 is 5.97 Å². The van der Waals surface area contributed by atoms with Gasteiger partial charge in [0.25, 0.3) is 0 Å². The molecule has 2 rings (SSSR count). The van der Waals surface area contributed by atoms with Crippen molar-refractivity contribution in [1.82, 2.24) is 19.7 Å². The predicted octanol–water partition coefficient (Wildman–Crippen LogP) is -0.190. The molecule has 1 aromatic heterocycles. The number of carbonyl (C=O) groups is 1. The normalized spacial score (nSPS) is 21.2. The molecule has 0 N–H and O–H groups in total. The second-order valence-corrected chi connectivity index (χ2v) is 4.10. The van der Waals surface area contributed by atoms with E-state index in [-0.39, 0.29) is 11.9 Å². The zero-order chi connectivity index (χ0) is 11.5. The van der Waals surface area contributed by atoms with Gasteiger partial charge in [0, 0.05) is 13.6 Å². The number of aryl methyl sites for hydroxylation is 1. The second kappa shape index (κ2) is 4.61. The van der Waals surface area contributed by atoms with Crippen molar-refractivity contribution in [2.24, 2.45) is 13.0 Å². The standard InChI is InChI=1S/C10H16N4O2/c1-13-7-11-12-9(13)6-14-4-3-8(5-14)10(15)16-2/h7-8H,3-6H2,1-2H3. The van der Waals surface area contributed by atoms with Gasteiger partial charge in [-0.15, -0.1) is 10.2 Å². The average Bonchev–Trinajstić information content (AvgIpc) is 2.89. The Kier molecular flexibility index (Phi) is 3.19. The maximum absolute atomic E-state index is 11.3. The van der Waals surface area contributed by atoms with E-state index in [1.807, 2.05) is 11.6 Å². The van der Waals surface area contributed by atoms with Crippen LogP contribution >= 0.6 is 0 Å². The fraction of sp³-hybridized carbons (Fsp3) is 0.700. The van der Waals surface area contributed by atoms with E-state index in [0.717, 1.165) is 31.9 Å². The summed E-state index contributed by atoms with van der Waals surface area (Å²) in [6.45, 7) is 2.40. The summed E-state index contributed by atoms with van der Waals surface area (Å²) in [5, 5.41) is 7.85. The highest BCUT2D eigenvalue weighted by Crippen LogP contribution is 2.18. The average molecular weight is 224 g/mol. The number of hydrogen-bond donors (Lipinski definition) is 0. The van der Waals surface area contributed by atoms with Crippen LogP contribution in [0.15, 0.2) is 6.33 Å². The van der Waals surface area contributed by atoms with E-state index in [0.29, 0.717) is 0 Å². The first-order chi connectivity index (χ1) is 7.70. The molecule has 0 aliphatic carbocycles. The van der Waals surface area contributed by atoms with Crippen molar-refractivity contribution in [2.45, 2.75) is 13.0 Å². The third kappa shape index (κ3) is 2.21. The zero-order valence-electron chi connectivity index (χ0n) is 9.59. The van der Waals surface area contributed by atoms with Gasteiger partial charge in [0.2, 0.25) is 0 Å². The molecule has 0 spiro atoms. The summed E-state index contributed by atoms with van der Waals surface area (Å²) < 4.78 is 6.64. The summed E-state index contributed by atoms with van der Waals surface area (Å²) in [7, 11) is 3.36. The van der Waals surface area contributed by atoms with Gasteiger partial charge in [0.15, 0.2) is 0 Å². The number of esters is 1. The van der Waals surface area contributed by atoms with Gasteiger partial charge in [0.1, 0.15) is 12.2 Å². The number of aromatic nitrogens is 3. The van der Waals surface area contributed by atoms with E-state index in [1.165, 1.54) is 7.11 Å². The number of hydrogen-bond acceptors (Lipinski definition) is 5. The molecule has 1 unspecified atom stereocenters. The molecule has 1 aromatic rings. The minimum atomic E-state index is -0.111. The van der Waals surface area contributed by atoms with E-state index in [1.54, 1.807) is 6.33 Å². The number of nitrogens with zero attached hydrogens (tertiary/aromatic N) is 4. The highest BCUT2D eigenvalue weighted by molar-refractivity contribution is 5.72. The second-order valence-electron chi connectivity index (χ2n) is 4.10. The number of methoxy groups -OCH3 is 1. The molecule has 1 aliphatic heterocycles. The molecular weight excluding hydrogens is 208 g/mol. The Balaban J connectivity index is 1.90.